The smallest absolute Gasteiger partial charge is 0.0744 e. The molecule has 0 saturated heterocycles. The summed E-state index contributed by atoms with van der Waals surface area (Å²) >= 11 is 0. The largest absolute Gasteiger partial charge is 0.247 e. The van der Waals surface area contributed by atoms with Crippen molar-refractivity contribution in [3.63, 3.8) is 0 Å². The molecule has 0 saturated carbocycles. The molecular weight excluding hydrogens is 254 g/mol. The number of rotatable bonds is 3. The molecule has 0 aliphatic carbocycles. The van der Waals surface area contributed by atoms with Gasteiger partial charge in [-0.3, -0.25) is 0 Å². The standard InChI is InChI=1S/C20H19N/c1-15(2)18-13-14-19(16-9-5-3-6-10-16)21-20(18)17-11-7-4-8-12-17/h3-15H,1-2H3. The van der Waals surface area contributed by atoms with E-state index in [1.807, 2.05) is 12.1 Å². The lowest BCUT2D eigenvalue weighted by atomic mass is 9.96. The van der Waals surface area contributed by atoms with Crippen LogP contribution in [0.25, 0.3) is 22.5 Å². The van der Waals surface area contributed by atoms with Crippen LogP contribution in [0.5, 0.6) is 0 Å². The SMILES string of the molecule is CC(C)c1ccc(-c2ccccc2)nc1-c1ccccc1. The van der Waals surface area contributed by atoms with Gasteiger partial charge in [0, 0.05) is 11.1 Å². The Kier molecular flexibility index (Phi) is 3.83. The fraction of sp³-hybridized carbons (Fsp3) is 0.150. The summed E-state index contributed by atoms with van der Waals surface area (Å²) in [4.78, 5) is 4.93. The van der Waals surface area contributed by atoms with E-state index in [1.54, 1.807) is 0 Å². The van der Waals surface area contributed by atoms with Crippen molar-refractivity contribution in [2.75, 3.05) is 0 Å². The highest BCUT2D eigenvalue weighted by molar-refractivity contribution is 5.69. The van der Waals surface area contributed by atoms with Crippen LogP contribution >= 0.6 is 0 Å². The van der Waals surface area contributed by atoms with Crippen molar-refractivity contribution in [1.82, 2.24) is 4.98 Å². The molecule has 1 heterocycles. The zero-order valence-corrected chi connectivity index (χ0v) is 12.5. The maximum atomic E-state index is 4.93. The Hall–Kier alpha value is -2.41. The van der Waals surface area contributed by atoms with Gasteiger partial charge in [0.1, 0.15) is 0 Å². The molecule has 0 unspecified atom stereocenters. The number of aromatic nitrogens is 1. The lowest BCUT2D eigenvalue weighted by Gasteiger charge is -2.14. The van der Waals surface area contributed by atoms with Crippen molar-refractivity contribution in [2.24, 2.45) is 0 Å². The normalized spacial score (nSPS) is 10.8. The van der Waals surface area contributed by atoms with Crippen LogP contribution in [0.3, 0.4) is 0 Å². The van der Waals surface area contributed by atoms with Crippen LogP contribution in [0.15, 0.2) is 72.8 Å². The van der Waals surface area contributed by atoms with Gasteiger partial charge >= 0.3 is 0 Å². The molecule has 2 aromatic carbocycles. The summed E-state index contributed by atoms with van der Waals surface area (Å²) in [5.41, 5.74) is 5.75. The third-order valence-electron chi connectivity index (χ3n) is 3.67. The molecule has 3 rings (SSSR count). The van der Waals surface area contributed by atoms with Gasteiger partial charge in [0.25, 0.3) is 0 Å². The second-order valence-electron chi connectivity index (χ2n) is 5.52. The van der Waals surface area contributed by atoms with Gasteiger partial charge in [-0.25, -0.2) is 4.98 Å². The molecular formula is C20H19N. The summed E-state index contributed by atoms with van der Waals surface area (Å²) in [6.45, 7) is 4.43. The molecule has 0 atom stereocenters. The summed E-state index contributed by atoms with van der Waals surface area (Å²) in [5, 5.41) is 0. The lowest BCUT2D eigenvalue weighted by molar-refractivity contribution is 0.862. The van der Waals surface area contributed by atoms with Gasteiger partial charge in [-0.2, -0.15) is 0 Å². The summed E-state index contributed by atoms with van der Waals surface area (Å²) in [6.07, 6.45) is 0. The molecule has 1 aromatic heterocycles. The Morgan fingerprint density at radius 1 is 0.667 bits per heavy atom. The van der Waals surface area contributed by atoms with E-state index in [-0.39, 0.29) is 0 Å². The average molecular weight is 273 g/mol. The molecule has 21 heavy (non-hydrogen) atoms. The first-order valence-electron chi connectivity index (χ1n) is 7.37. The van der Waals surface area contributed by atoms with Gasteiger partial charge < -0.3 is 0 Å². The summed E-state index contributed by atoms with van der Waals surface area (Å²) in [7, 11) is 0. The molecule has 0 N–H and O–H groups in total. The Bertz CT molecular complexity index is 715. The van der Waals surface area contributed by atoms with Gasteiger partial charge in [-0.15, -0.1) is 0 Å². The van der Waals surface area contributed by atoms with Crippen LogP contribution in [-0.4, -0.2) is 4.98 Å². The average Bonchev–Trinajstić information content (AvgIpc) is 2.56. The van der Waals surface area contributed by atoms with Crippen LogP contribution in [0.4, 0.5) is 0 Å². The number of hydrogen-bond donors (Lipinski definition) is 0. The van der Waals surface area contributed by atoms with Crippen molar-refractivity contribution in [3.05, 3.63) is 78.4 Å². The molecule has 1 heteroatoms. The third kappa shape index (κ3) is 2.87. The molecule has 3 aromatic rings. The molecule has 1 nitrogen and oxygen atoms in total. The predicted molar refractivity (Wildman–Crippen MR) is 89.2 cm³/mol. The maximum absolute atomic E-state index is 4.93. The van der Waals surface area contributed by atoms with Gasteiger partial charge in [-0.1, -0.05) is 80.6 Å². The van der Waals surface area contributed by atoms with E-state index in [4.69, 9.17) is 4.98 Å². The maximum Gasteiger partial charge on any atom is 0.0744 e. The molecule has 104 valence electrons. The quantitative estimate of drug-likeness (QED) is 0.610. The third-order valence-corrected chi connectivity index (χ3v) is 3.67. The monoisotopic (exact) mass is 273 g/mol. The number of pyridine rings is 1. The van der Waals surface area contributed by atoms with E-state index in [2.05, 4.69) is 74.5 Å². The van der Waals surface area contributed by atoms with Crippen LogP contribution < -0.4 is 0 Å². The fourth-order valence-electron chi connectivity index (χ4n) is 2.53. The number of benzene rings is 2. The lowest BCUT2D eigenvalue weighted by Crippen LogP contribution is -1.97. The van der Waals surface area contributed by atoms with E-state index < -0.39 is 0 Å². The predicted octanol–water partition coefficient (Wildman–Crippen LogP) is 5.54. The topological polar surface area (TPSA) is 12.9 Å². The Balaban J connectivity index is 2.16. The summed E-state index contributed by atoms with van der Waals surface area (Å²) < 4.78 is 0. The van der Waals surface area contributed by atoms with Crippen molar-refractivity contribution < 1.29 is 0 Å². The highest BCUT2D eigenvalue weighted by atomic mass is 14.7. The molecule has 0 radical (unpaired) electrons. The van der Waals surface area contributed by atoms with E-state index in [1.165, 1.54) is 11.1 Å². The number of nitrogens with zero attached hydrogens (tertiary/aromatic N) is 1. The molecule has 0 aliphatic heterocycles. The van der Waals surface area contributed by atoms with Crippen LogP contribution in [-0.2, 0) is 0 Å². The Morgan fingerprint density at radius 3 is 1.81 bits per heavy atom. The Labute approximate surface area is 126 Å². The Morgan fingerprint density at radius 2 is 1.24 bits per heavy atom. The first kappa shape index (κ1) is 13.6. The van der Waals surface area contributed by atoms with Crippen molar-refractivity contribution in [2.45, 2.75) is 19.8 Å². The minimum absolute atomic E-state index is 0.456. The summed E-state index contributed by atoms with van der Waals surface area (Å²) in [5.74, 6) is 0.456. The zero-order chi connectivity index (χ0) is 14.7. The van der Waals surface area contributed by atoms with Gasteiger partial charge in [0.15, 0.2) is 0 Å². The van der Waals surface area contributed by atoms with E-state index >= 15 is 0 Å². The zero-order valence-electron chi connectivity index (χ0n) is 12.5. The van der Waals surface area contributed by atoms with Gasteiger partial charge in [0.05, 0.1) is 11.4 Å². The second kappa shape index (κ2) is 5.92. The molecule has 0 bridgehead atoms. The van der Waals surface area contributed by atoms with Crippen molar-refractivity contribution in [1.29, 1.82) is 0 Å². The minimum Gasteiger partial charge on any atom is -0.247 e. The van der Waals surface area contributed by atoms with E-state index in [9.17, 15) is 0 Å². The van der Waals surface area contributed by atoms with E-state index in [0.29, 0.717) is 5.92 Å². The number of hydrogen-bond acceptors (Lipinski definition) is 1. The van der Waals surface area contributed by atoms with Crippen molar-refractivity contribution >= 4 is 0 Å². The van der Waals surface area contributed by atoms with Crippen LogP contribution in [0, 0.1) is 0 Å². The first-order valence-corrected chi connectivity index (χ1v) is 7.37. The van der Waals surface area contributed by atoms with Gasteiger partial charge in [-0.05, 0) is 17.5 Å². The molecule has 0 fully saturated rings. The van der Waals surface area contributed by atoms with Gasteiger partial charge in [0.2, 0.25) is 0 Å². The highest BCUT2D eigenvalue weighted by Gasteiger charge is 2.11. The fourth-order valence-corrected chi connectivity index (χ4v) is 2.53. The highest BCUT2D eigenvalue weighted by Crippen LogP contribution is 2.30. The first-order chi connectivity index (χ1) is 10.3. The van der Waals surface area contributed by atoms with Crippen LogP contribution in [0.2, 0.25) is 0 Å². The molecule has 0 amide bonds. The second-order valence-corrected chi connectivity index (χ2v) is 5.52. The van der Waals surface area contributed by atoms with Crippen LogP contribution in [0.1, 0.15) is 25.3 Å². The minimum atomic E-state index is 0.456. The summed E-state index contributed by atoms with van der Waals surface area (Å²) in [6, 6.07) is 25.1. The van der Waals surface area contributed by atoms with E-state index in [0.717, 1.165) is 17.0 Å². The molecule has 0 spiro atoms. The van der Waals surface area contributed by atoms with Crippen molar-refractivity contribution in [3.8, 4) is 22.5 Å². The molecule has 0 aliphatic rings.